The van der Waals surface area contributed by atoms with E-state index in [-0.39, 0.29) is 11.7 Å². The van der Waals surface area contributed by atoms with E-state index in [1.54, 1.807) is 0 Å². The predicted molar refractivity (Wildman–Crippen MR) is 50.2 cm³/mol. The van der Waals surface area contributed by atoms with Crippen molar-refractivity contribution < 1.29 is 22.7 Å². The summed E-state index contributed by atoms with van der Waals surface area (Å²) in [6.07, 6.45) is -4.57. The van der Waals surface area contributed by atoms with Gasteiger partial charge in [0.1, 0.15) is 6.54 Å². The molecule has 5 nitrogen and oxygen atoms in total. The van der Waals surface area contributed by atoms with E-state index >= 15 is 0 Å². The highest BCUT2D eigenvalue weighted by molar-refractivity contribution is 7.09. The van der Waals surface area contributed by atoms with Crippen LogP contribution in [0.1, 0.15) is 5.82 Å². The summed E-state index contributed by atoms with van der Waals surface area (Å²) in [6.45, 7) is -0.178. The topological polar surface area (TPSA) is 55.3 Å². The van der Waals surface area contributed by atoms with Crippen LogP contribution in [0, 0.1) is 0 Å². The molecule has 0 unspecified atom stereocenters. The average Bonchev–Trinajstić information content (AvgIpc) is 2.65. The van der Waals surface area contributed by atoms with Gasteiger partial charge in [0, 0.05) is 18.6 Å². The number of likely N-dealkylation sites (N-methyl/N-ethyl adjacent to an activating group) is 1. The number of carbonyl (C=O) groups excluding carboxylic acids is 1. The van der Waals surface area contributed by atoms with Crippen LogP contribution in [0.15, 0.2) is 0 Å². The van der Waals surface area contributed by atoms with Gasteiger partial charge in [-0.3, -0.25) is 4.79 Å². The molecule has 0 spiro atoms. The second-order valence-electron chi connectivity index (χ2n) is 2.83. The third-order valence-electron chi connectivity index (χ3n) is 1.59. The molecule has 0 saturated heterocycles. The Morgan fingerprint density at radius 1 is 1.56 bits per heavy atom. The summed E-state index contributed by atoms with van der Waals surface area (Å²) in [7, 11) is 2.62. The van der Waals surface area contributed by atoms with E-state index in [1.165, 1.54) is 19.1 Å². The van der Waals surface area contributed by atoms with E-state index in [0.717, 1.165) is 0 Å². The molecule has 0 aliphatic carbocycles. The molecule has 0 aliphatic heterocycles. The van der Waals surface area contributed by atoms with Crippen molar-refractivity contribution in [2.24, 2.45) is 0 Å². The first-order chi connectivity index (χ1) is 7.34. The van der Waals surface area contributed by atoms with E-state index in [9.17, 15) is 18.0 Å². The molecule has 0 aromatic carbocycles. The van der Waals surface area contributed by atoms with E-state index < -0.39 is 18.0 Å². The molecule has 1 rings (SSSR count). The lowest BCUT2D eigenvalue weighted by Gasteiger charge is -2.12. The predicted octanol–water partition coefficient (Wildman–Crippen LogP) is 1.17. The molecule has 1 aromatic rings. The van der Waals surface area contributed by atoms with Gasteiger partial charge in [-0.1, -0.05) is 0 Å². The standard InChI is InChI=1S/C7H8F3N3O2S/c1-13(3-4(14)15-2)6-11-5(12-16-6)7(8,9)10/h3H2,1-2H3. The summed E-state index contributed by atoms with van der Waals surface area (Å²) >= 11 is 0.574. The fraction of sp³-hybridized carbons (Fsp3) is 0.571. The maximum atomic E-state index is 12.2. The van der Waals surface area contributed by atoms with Crippen LogP contribution < -0.4 is 4.90 Å². The molecule has 9 heteroatoms. The van der Waals surface area contributed by atoms with Crippen molar-refractivity contribution in [2.45, 2.75) is 6.18 Å². The molecular weight excluding hydrogens is 247 g/mol. The number of alkyl halides is 3. The third kappa shape index (κ3) is 3.05. The summed E-state index contributed by atoms with van der Waals surface area (Å²) < 4.78 is 44.0. The highest BCUT2D eigenvalue weighted by Gasteiger charge is 2.36. The average molecular weight is 255 g/mol. The van der Waals surface area contributed by atoms with Gasteiger partial charge in [0.2, 0.25) is 11.0 Å². The van der Waals surface area contributed by atoms with Gasteiger partial charge >= 0.3 is 12.1 Å². The zero-order valence-electron chi connectivity index (χ0n) is 8.41. The lowest BCUT2D eigenvalue weighted by molar-refractivity contribution is -0.144. The minimum absolute atomic E-state index is 0.0118. The molecule has 0 radical (unpaired) electrons. The summed E-state index contributed by atoms with van der Waals surface area (Å²) in [5.74, 6) is -1.77. The molecule has 16 heavy (non-hydrogen) atoms. The van der Waals surface area contributed by atoms with Crippen molar-refractivity contribution in [1.82, 2.24) is 9.36 Å². The smallest absolute Gasteiger partial charge is 0.452 e. The number of methoxy groups -OCH3 is 1. The quantitative estimate of drug-likeness (QED) is 0.759. The second kappa shape index (κ2) is 4.64. The van der Waals surface area contributed by atoms with Crippen molar-refractivity contribution in [3.05, 3.63) is 5.82 Å². The van der Waals surface area contributed by atoms with Crippen LogP contribution in [0.2, 0.25) is 0 Å². The molecule has 1 aromatic heterocycles. The van der Waals surface area contributed by atoms with Crippen molar-refractivity contribution in [3.63, 3.8) is 0 Å². The van der Waals surface area contributed by atoms with Crippen molar-refractivity contribution in [1.29, 1.82) is 0 Å². The first-order valence-electron chi connectivity index (χ1n) is 4.03. The van der Waals surface area contributed by atoms with Crippen LogP contribution in [0.4, 0.5) is 18.3 Å². The van der Waals surface area contributed by atoms with Crippen molar-refractivity contribution >= 4 is 22.6 Å². The largest absolute Gasteiger partial charge is 0.468 e. The van der Waals surface area contributed by atoms with Crippen LogP contribution in [0.3, 0.4) is 0 Å². The summed E-state index contributed by atoms with van der Waals surface area (Å²) in [5.41, 5.74) is 0. The number of hydrogen-bond donors (Lipinski definition) is 0. The Hall–Kier alpha value is -1.38. The van der Waals surface area contributed by atoms with Gasteiger partial charge in [-0.05, 0) is 0 Å². The highest BCUT2D eigenvalue weighted by atomic mass is 32.1. The minimum Gasteiger partial charge on any atom is -0.468 e. The lowest BCUT2D eigenvalue weighted by atomic mass is 10.6. The third-order valence-corrected chi connectivity index (χ3v) is 2.42. The molecule has 0 bridgehead atoms. The summed E-state index contributed by atoms with van der Waals surface area (Å²) in [5, 5.41) is 0.0118. The Morgan fingerprint density at radius 3 is 2.62 bits per heavy atom. The first kappa shape index (κ1) is 12.7. The minimum atomic E-state index is -4.57. The van der Waals surface area contributed by atoms with Crippen LogP contribution in [0.5, 0.6) is 0 Å². The number of anilines is 1. The number of ether oxygens (including phenoxy) is 1. The molecule has 0 atom stereocenters. The first-order valence-corrected chi connectivity index (χ1v) is 4.80. The molecule has 0 fully saturated rings. The molecule has 0 amide bonds. The Labute approximate surface area is 93.0 Å². The monoisotopic (exact) mass is 255 g/mol. The number of esters is 1. The zero-order chi connectivity index (χ0) is 12.3. The van der Waals surface area contributed by atoms with Crippen LogP contribution in [-0.2, 0) is 15.7 Å². The SMILES string of the molecule is COC(=O)CN(C)c1nc(C(F)(F)F)ns1. The molecule has 1 heterocycles. The Kier molecular flexibility index (Phi) is 3.68. The summed E-state index contributed by atoms with van der Waals surface area (Å²) in [6, 6.07) is 0. The molecular formula is C7H8F3N3O2S. The number of nitrogens with zero attached hydrogens (tertiary/aromatic N) is 3. The maximum absolute atomic E-state index is 12.2. The van der Waals surface area contributed by atoms with Gasteiger partial charge in [-0.2, -0.15) is 22.5 Å². The fourth-order valence-corrected chi connectivity index (χ4v) is 1.46. The normalized spacial score (nSPS) is 11.3. The summed E-state index contributed by atoms with van der Waals surface area (Å²) in [4.78, 5) is 15.4. The molecule has 0 saturated carbocycles. The van der Waals surface area contributed by atoms with Gasteiger partial charge in [0.25, 0.3) is 0 Å². The number of aromatic nitrogens is 2. The van der Waals surface area contributed by atoms with Gasteiger partial charge in [-0.25, -0.2) is 0 Å². The van der Waals surface area contributed by atoms with Gasteiger partial charge < -0.3 is 9.64 Å². The van der Waals surface area contributed by atoms with Gasteiger partial charge in [0.05, 0.1) is 7.11 Å². The maximum Gasteiger partial charge on any atom is 0.452 e. The number of halogens is 3. The molecule has 90 valence electrons. The lowest BCUT2D eigenvalue weighted by Crippen LogP contribution is -2.26. The van der Waals surface area contributed by atoms with E-state index in [1.807, 2.05) is 0 Å². The second-order valence-corrected chi connectivity index (χ2v) is 3.56. The van der Waals surface area contributed by atoms with Crippen molar-refractivity contribution in [2.75, 3.05) is 25.6 Å². The molecule has 0 aliphatic rings. The Bertz CT molecular complexity index is 379. The van der Waals surface area contributed by atoms with Crippen LogP contribution in [-0.4, -0.2) is 36.0 Å². The van der Waals surface area contributed by atoms with Crippen LogP contribution in [0.25, 0.3) is 0 Å². The Balaban J connectivity index is 2.74. The van der Waals surface area contributed by atoms with E-state index in [4.69, 9.17) is 0 Å². The highest BCUT2D eigenvalue weighted by Crippen LogP contribution is 2.29. The number of carbonyl (C=O) groups is 1. The fourth-order valence-electron chi connectivity index (χ4n) is 0.811. The van der Waals surface area contributed by atoms with Gasteiger partial charge in [-0.15, -0.1) is 0 Å². The molecule has 0 N–H and O–H groups in total. The van der Waals surface area contributed by atoms with Gasteiger partial charge in [0.15, 0.2) is 0 Å². The number of hydrogen-bond acceptors (Lipinski definition) is 6. The van der Waals surface area contributed by atoms with Crippen molar-refractivity contribution in [3.8, 4) is 0 Å². The van der Waals surface area contributed by atoms with E-state index in [0.29, 0.717) is 11.5 Å². The van der Waals surface area contributed by atoms with E-state index in [2.05, 4.69) is 14.1 Å². The van der Waals surface area contributed by atoms with Crippen LogP contribution >= 0.6 is 11.5 Å². The zero-order valence-corrected chi connectivity index (χ0v) is 9.22. The Morgan fingerprint density at radius 2 is 2.19 bits per heavy atom. The number of rotatable bonds is 3.